The first-order chi connectivity index (χ1) is 12.6. The Hall–Kier alpha value is -2.94. The summed E-state index contributed by atoms with van der Waals surface area (Å²) in [5, 5.41) is 3.08. The molecule has 0 saturated carbocycles. The normalized spacial score (nSPS) is 11.8. The molecular formula is C23H24N2O. The van der Waals surface area contributed by atoms with Crippen LogP contribution in [-0.2, 0) is 6.42 Å². The number of carbonyl (C=O) groups excluding carboxylic acids is 1. The van der Waals surface area contributed by atoms with E-state index in [9.17, 15) is 4.79 Å². The zero-order valence-electron chi connectivity index (χ0n) is 15.3. The topological polar surface area (TPSA) is 42.0 Å². The van der Waals surface area contributed by atoms with Gasteiger partial charge in [0.15, 0.2) is 0 Å². The van der Waals surface area contributed by atoms with Gasteiger partial charge in [0.05, 0.1) is 5.56 Å². The molecule has 1 atom stereocenters. The van der Waals surface area contributed by atoms with Crippen molar-refractivity contribution in [3.63, 3.8) is 0 Å². The summed E-state index contributed by atoms with van der Waals surface area (Å²) in [6.45, 7) is 4.10. The summed E-state index contributed by atoms with van der Waals surface area (Å²) in [6, 6.07) is 20.6. The van der Waals surface area contributed by atoms with Gasteiger partial charge in [-0.25, -0.2) is 0 Å². The third-order valence-corrected chi connectivity index (χ3v) is 4.47. The number of hydrogen-bond donors (Lipinski definition) is 1. The quantitative estimate of drug-likeness (QED) is 0.697. The van der Waals surface area contributed by atoms with Crippen LogP contribution in [0, 0.1) is 6.92 Å². The SMILES string of the molecule is Cc1ccc(-c2cncc(C(=O)N[C@H](C)CCc3ccccc3)c2)cc1. The molecule has 0 aliphatic rings. The Morgan fingerprint density at radius 3 is 2.46 bits per heavy atom. The van der Waals surface area contributed by atoms with Crippen molar-refractivity contribution in [2.75, 3.05) is 0 Å². The Kier molecular flexibility index (Phi) is 5.80. The zero-order valence-corrected chi connectivity index (χ0v) is 15.3. The van der Waals surface area contributed by atoms with Crippen molar-refractivity contribution in [3.05, 3.63) is 89.7 Å². The highest BCUT2D eigenvalue weighted by Crippen LogP contribution is 2.20. The van der Waals surface area contributed by atoms with Crippen LogP contribution in [0.2, 0.25) is 0 Å². The highest BCUT2D eigenvalue weighted by atomic mass is 16.1. The van der Waals surface area contributed by atoms with Gasteiger partial charge in [0, 0.05) is 24.0 Å². The molecular weight excluding hydrogens is 320 g/mol. The van der Waals surface area contributed by atoms with Gasteiger partial charge >= 0.3 is 0 Å². The number of carbonyl (C=O) groups is 1. The van der Waals surface area contributed by atoms with E-state index >= 15 is 0 Å². The molecule has 3 nitrogen and oxygen atoms in total. The smallest absolute Gasteiger partial charge is 0.253 e. The Bertz CT molecular complexity index is 857. The number of nitrogens with one attached hydrogen (secondary N) is 1. The summed E-state index contributed by atoms with van der Waals surface area (Å²) in [4.78, 5) is 16.8. The predicted molar refractivity (Wildman–Crippen MR) is 106 cm³/mol. The maximum atomic E-state index is 12.6. The van der Waals surface area contributed by atoms with Crippen LogP contribution in [0.15, 0.2) is 73.1 Å². The first kappa shape index (κ1) is 17.9. The number of amides is 1. The summed E-state index contributed by atoms with van der Waals surface area (Å²) >= 11 is 0. The maximum Gasteiger partial charge on any atom is 0.253 e. The van der Waals surface area contributed by atoms with Gasteiger partial charge in [0.1, 0.15) is 0 Å². The highest BCUT2D eigenvalue weighted by Gasteiger charge is 2.11. The van der Waals surface area contributed by atoms with Gasteiger partial charge in [-0.3, -0.25) is 9.78 Å². The molecule has 0 saturated heterocycles. The molecule has 0 aliphatic heterocycles. The van der Waals surface area contributed by atoms with Crippen LogP contribution in [-0.4, -0.2) is 16.9 Å². The molecule has 0 fully saturated rings. The number of pyridine rings is 1. The monoisotopic (exact) mass is 344 g/mol. The molecule has 3 aromatic rings. The number of rotatable bonds is 6. The van der Waals surface area contributed by atoms with E-state index in [-0.39, 0.29) is 11.9 Å². The van der Waals surface area contributed by atoms with Crippen LogP contribution in [0.4, 0.5) is 0 Å². The fourth-order valence-corrected chi connectivity index (χ4v) is 2.88. The van der Waals surface area contributed by atoms with Crippen LogP contribution < -0.4 is 5.32 Å². The third kappa shape index (κ3) is 4.79. The molecule has 1 aromatic heterocycles. The second kappa shape index (κ2) is 8.43. The first-order valence-corrected chi connectivity index (χ1v) is 8.99. The molecule has 3 heteroatoms. The van der Waals surface area contributed by atoms with Gasteiger partial charge in [-0.1, -0.05) is 60.2 Å². The molecule has 0 bridgehead atoms. The zero-order chi connectivity index (χ0) is 18.4. The van der Waals surface area contributed by atoms with E-state index in [0.717, 1.165) is 24.0 Å². The van der Waals surface area contributed by atoms with E-state index in [2.05, 4.69) is 53.6 Å². The minimum atomic E-state index is -0.0768. The van der Waals surface area contributed by atoms with E-state index in [1.807, 2.05) is 31.2 Å². The van der Waals surface area contributed by atoms with E-state index in [1.54, 1.807) is 12.4 Å². The van der Waals surface area contributed by atoms with Crippen molar-refractivity contribution in [1.29, 1.82) is 0 Å². The highest BCUT2D eigenvalue weighted by molar-refractivity contribution is 5.95. The molecule has 1 heterocycles. The molecule has 3 rings (SSSR count). The number of aryl methyl sites for hydroxylation is 2. The molecule has 1 amide bonds. The fraction of sp³-hybridized carbons (Fsp3) is 0.217. The Labute approximate surface area is 155 Å². The summed E-state index contributed by atoms with van der Waals surface area (Å²) in [5.74, 6) is -0.0768. The minimum absolute atomic E-state index is 0.0768. The molecule has 1 N–H and O–H groups in total. The minimum Gasteiger partial charge on any atom is -0.350 e. The first-order valence-electron chi connectivity index (χ1n) is 8.99. The van der Waals surface area contributed by atoms with Crippen molar-refractivity contribution in [2.45, 2.75) is 32.7 Å². The van der Waals surface area contributed by atoms with Crippen molar-refractivity contribution >= 4 is 5.91 Å². The van der Waals surface area contributed by atoms with E-state index < -0.39 is 0 Å². The number of aromatic nitrogens is 1. The van der Waals surface area contributed by atoms with Crippen molar-refractivity contribution in [2.24, 2.45) is 0 Å². The Morgan fingerprint density at radius 2 is 1.73 bits per heavy atom. The van der Waals surface area contributed by atoms with E-state index in [4.69, 9.17) is 0 Å². The van der Waals surface area contributed by atoms with Crippen LogP contribution in [0.5, 0.6) is 0 Å². The van der Waals surface area contributed by atoms with Crippen LogP contribution in [0.3, 0.4) is 0 Å². The van der Waals surface area contributed by atoms with Gasteiger partial charge in [-0.2, -0.15) is 0 Å². The lowest BCUT2D eigenvalue weighted by molar-refractivity contribution is 0.0938. The van der Waals surface area contributed by atoms with Crippen molar-refractivity contribution in [1.82, 2.24) is 10.3 Å². The third-order valence-electron chi connectivity index (χ3n) is 4.47. The summed E-state index contributed by atoms with van der Waals surface area (Å²) in [5.41, 5.74) is 5.11. The molecule has 0 unspecified atom stereocenters. The Balaban J connectivity index is 1.62. The predicted octanol–water partition coefficient (Wildman–Crippen LogP) is 4.81. The number of benzene rings is 2. The summed E-state index contributed by atoms with van der Waals surface area (Å²) in [6.07, 6.45) is 5.27. The number of nitrogens with zero attached hydrogens (tertiary/aromatic N) is 1. The van der Waals surface area contributed by atoms with Gasteiger partial charge < -0.3 is 5.32 Å². The van der Waals surface area contributed by atoms with E-state index in [1.165, 1.54) is 11.1 Å². The molecule has 26 heavy (non-hydrogen) atoms. The second-order valence-electron chi connectivity index (χ2n) is 6.73. The van der Waals surface area contributed by atoms with Crippen LogP contribution >= 0.6 is 0 Å². The average Bonchev–Trinajstić information content (AvgIpc) is 2.68. The summed E-state index contributed by atoms with van der Waals surface area (Å²) in [7, 11) is 0. The lowest BCUT2D eigenvalue weighted by atomic mass is 10.0. The van der Waals surface area contributed by atoms with Gasteiger partial charge in [-0.15, -0.1) is 0 Å². The van der Waals surface area contributed by atoms with Gasteiger partial charge in [0.2, 0.25) is 0 Å². The molecule has 0 aliphatic carbocycles. The van der Waals surface area contributed by atoms with Crippen LogP contribution in [0.25, 0.3) is 11.1 Å². The van der Waals surface area contributed by atoms with Crippen molar-refractivity contribution in [3.8, 4) is 11.1 Å². The Morgan fingerprint density at radius 1 is 1.00 bits per heavy atom. The van der Waals surface area contributed by atoms with Crippen LogP contribution in [0.1, 0.15) is 34.8 Å². The maximum absolute atomic E-state index is 12.6. The van der Waals surface area contributed by atoms with E-state index in [0.29, 0.717) is 5.56 Å². The molecule has 2 aromatic carbocycles. The standard InChI is InChI=1S/C23H24N2O/c1-17-8-12-20(13-9-17)21-14-22(16-24-15-21)23(26)25-18(2)10-11-19-6-4-3-5-7-19/h3-9,12-16,18H,10-11H2,1-2H3,(H,25,26)/t18-/m1/s1. The lowest BCUT2D eigenvalue weighted by Gasteiger charge is -2.14. The molecule has 0 radical (unpaired) electrons. The fourth-order valence-electron chi connectivity index (χ4n) is 2.88. The molecule has 132 valence electrons. The van der Waals surface area contributed by atoms with Gasteiger partial charge in [0.25, 0.3) is 5.91 Å². The second-order valence-corrected chi connectivity index (χ2v) is 6.73. The lowest BCUT2D eigenvalue weighted by Crippen LogP contribution is -2.33. The largest absolute Gasteiger partial charge is 0.350 e. The molecule has 0 spiro atoms. The average molecular weight is 344 g/mol. The summed E-state index contributed by atoms with van der Waals surface area (Å²) < 4.78 is 0. The van der Waals surface area contributed by atoms with Gasteiger partial charge in [-0.05, 0) is 43.9 Å². The van der Waals surface area contributed by atoms with Crippen molar-refractivity contribution < 1.29 is 4.79 Å². The number of hydrogen-bond acceptors (Lipinski definition) is 2.